The van der Waals surface area contributed by atoms with E-state index in [1.807, 2.05) is 25.1 Å². The van der Waals surface area contributed by atoms with Gasteiger partial charge in [0.1, 0.15) is 0 Å². The lowest BCUT2D eigenvalue weighted by Gasteiger charge is -2.10. The molecule has 0 aliphatic rings. The van der Waals surface area contributed by atoms with E-state index in [-0.39, 0.29) is 10.6 Å². The third kappa shape index (κ3) is 3.65. The number of hydrogen-bond donors (Lipinski definition) is 1. The van der Waals surface area contributed by atoms with Crippen LogP contribution < -0.4 is 5.32 Å². The minimum absolute atomic E-state index is 0.125. The first kappa shape index (κ1) is 15.6. The lowest BCUT2D eigenvalue weighted by Crippen LogP contribution is -2.02. The van der Waals surface area contributed by atoms with Crippen molar-refractivity contribution < 1.29 is 4.92 Å². The van der Waals surface area contributed by atoms with Gasteiger partial charge >= 0.3 is 0 Å². The van der Waals surface area contributed by atoms with Crippen LogP contribution in [0, 0.1) is 10.1 Å². The zero-order valence-corrected chi connectivity index (χ0v) is 12.9. The maximum atomic E-state index is 11.0. The van der Waals surface area contributed by atoms with Crippen molar-refractivity contribution in [3.05, 3.63) is 67.7 Å². The first-order chi connectivity index (χ1) is 10.0. The largest absolute Gasteiger partial charge is 0.381 e. The van der Waals surface area contributed by atoms with E-state index in [0.717, 1.165) is 5.56 Å². The van der Waals surface area contributed by atoms with E-state index in [9.17, 15) is 10.1 Å². The Morgan fingerprint density at radius 3 is 2.62 bits per heavy atom. The Hall–Kier alpha value is -1.78. The molecule has 21 heavy (non-hydrogen) atoms. The number of nitro groups is 1. The summed E-state index contributed by atoms with van der Waals surface area (Å²) in [5, 5.41) is 15.2. The predicted octanol–water partition coefficient (Wildman–Crippen LogP) is 5.08. The fraction of sp³-hybridized carbons (Fsp3) is 0.200. The summed E-state index contributed by atoms with van der Waals surface area (Å²) in [4.78, 5) is 10.7. The smallest absolute Gasteiger partial charge is 0.274 e. The van der Waals surface area contributed by atoms with Crippen molar-refractivity contribution >= 4 is 34.6 Å². The van der Waals surface area contributed by atoms with Crippen LogP contribution in [-0.4, -0.2) is 4.92 Å². The van der Waals surface area contributed by atoms with Crippen LogP contribution in [0.15, 0.2) is 36.4 Å². The number of rotatable bonds is 5. The van der Waals surface area contributed by atoms with Crippen molar-refractivity contribution in [1.82, 2.24) is 0 Å². The molecule has 2 aromatic carbocycles. The fourth-order valence-electron chi connectivity index (χ4n) is 2.03. The maximum Gasteiger partial charge on any atom is 0.274 e. The van der Waals surface area contributed by atoms with Gasteiger partial charge in [0.05, 0.1) is 15.0 Å². The van der Waals surface area contributed by atoms with Gasteiger partial charge in [0.2, 0.25) is 0 Å². The molecule has 0 unspecified atom stereocenters. The van der Waals surface area contributed by atoms with Crippen molar-refractivity contribution in [2.75, 3.05) is 5.32 Å². The summed E-state index contributed by atoms with van der Waals surface area (Å²) in [5.74, 6) is 0. The number of benzene rings is 2. The van der Waals surface area contributed by atoms with Gasteiger partial charge in [0.15, 0.2) is 0 Å². The van der Waals surface area contributed by atoms with Crippen LogP contribution in [0.25, 0.3) is 0 Å². The van der Waals surface area contributed by atoms with Gasteiger partial charge in [-0.15, -0.1) is 0 Å². The van der Waals surface area contributed by atoms with Crippen LogP contribution in [-0.2, 0) is 13.0 Å². The predicted molar refractivity (Wildman–Crippen MR) is 86.3 cm³/mol. The van der Waals surface area contributed by atoms with E-state index in [2.05, 4.69) is 5.32 Å². The third-order valence-corrected chi connectivity index (χ3v) is 4.04. The first-order valence-electron chi connectivity index (χ1n) is 6.47. The molecule has 0 aliphatic heterocycles. The molecule has 6 heteroatoms. The van der Waals surface area contributed by atoms with E-state index in [4.69, 9.17) is 23.2 Å². The normalized spacial score (nSPS) is 10.4. The van der Waals surface area contributed by atoms with Gasteiger partial charge in [-0.25, -0.2) is 0 Å². The fourth-order valence-corrected chi connectivity index (χ4v) is 2.41. The number of aryl methyl sites for hydroxylation is 1. The topological polar surface area (TPSA) is 55.2 Å². The number of halogens is 2. The zero-order valence-electron chi connectivity index (χ0n) is 11.4. The highest BCUT2D eigenvalue weighted by Gasteiger charge is 2.13. The average molecular weight is 325 g/mol. The van der Waals surface area contributed by atoms with Crippen molar-refractivity contribution in [2.45, 2.75) is 19.9 Å². The van der Waals surface area contributed by atoms with E-state index in [0.29, 0.717) is 34.3 Å². The Morgan fingerprint density at radius 2 is 1.95 bits per heavy atom. The number of anilines is 1. The minimum Gasteiger partial charge on any atom is -0.381 e. The zero-order chi connectivity index (χ0) is 15.4. The van der Waals surface area contributed by atoms with Crippen molar-refractivity contribution in [1.29, 1.82) is 0 Å². The maximum absolute atomic E-state index is 11.0. The molecule has 0 radical (unpaired) electrons. The second-order valence-corrected chi connectivity index (χ2v) is 5.31. The molecule has 0 heterocycles. The first-order valence-corrected chi connectivity index (χ1v) is 7.22. The molecule has 2 aromatic rings. The van der Waals surface area contributed by atoms with Crippen molar-refractivity contribution in [3.8, 4) is 0 Å². The van der Waals surface area contributed by atoms with Gasteiger partial charge in [-0.2, -0.15) is 0 Å². The molecule has 0 spiro atoms. The molecule has 0 saturated heterocycles. The molecule has 110 valence electrons. The highest BCUT2D eigenvalue weighted by Crippen LogP contribution is 2.27. The van der Waals surface area contributed by atoms with Gasteiger partial charge in [-0.05, 0) is 24.1 Å². The Balaban J connectivity index is 2.19. The van der Waals surface area contributed by atoms with E-state index >= 15 is 0 Å². The lowest BCUT2D eigenvalue weighted by atomic mass is 10.1. The molecule has 0 atom stereocenters. The Morgan fingerprint density at radius 1 is 1.19 bits per heavy atom. The molecule has 0 amide bonds. The second-order valence-electron chi connectivity index (χ2n) is 4.52. The van der Waals surface area contributed by atoms with E-state index in [1.165, 1.54) is 6.07 Å². The number of nitrogens with zero attached hydrogens (tertiary/aromatic N) is 1. The molecular weight excluding hydrogens is 311 g/mol. The highest BCUT2D eigenvalue weighted by molar-refractivity contribution is 6.42. The average Bonchev–Trinajstić information content (AvgIpc) is 2.48. The molecule has 2 rings (SSSR count). The van der Waals surface area contributed by atoms with Crippen LogP contribution in [0.1, 0.15) is 18.1 Å². The molecule has 0 aromatic heterocycles. The molecule has 4 nitrogen and oxygen atoms in total. The second kappa shape index (κ2) is 6.78. The molecule has 0 aliphatic carbocycles. The van der Waals surface area contributed by atoms with Crippen LogP contribution in [0.5, 0.6) is 0 Å². The molecular formula is C15H14Cl2N2O2. The number of nitro benzene ring substituents is 1. The molecule has 0 saturated carbocycles. The van der Waals surface area contributed by atoms with Crippen LogP contribution in [0.4, 0.5) is 11.4 Å². The van der Waals surface area contributed by atoms with E-state index < -0.39 is 0 Å². The van der Waals surface area contributed by atoms with Crippen LogP contribution in [0.2, 0.25) is 10.0 Å². The number of nitrogens with one attached hydrogen (secondary N) is 1. The quantitative estimate of drug-likeness (QED) is 0.616. The van der Waals surface area contributed by atoms with Crippen LogP contribution >= 0.6 is 23.2 Å². The Kier molecular flexibility index (Phi) is 5.04. The summed E-state index contributed by atoms with van der Waals surface area (Å²) in [6.07, 6.45) is 0.622. The van der Waals surface area contributed by atoms with E-state index in [1.54, 1.807) is 12.1 Å². The monoisotopic (exact) mass is 324 g/mol. The van der Waals surface area contributed by atoms with Gasteiger partial charge < -0.3 is 5.32 Å². The summed E-state index contributed by atoms with van der Waals surface area (Å²) in [5.41, 5.74) is 2.35. The van der Waals surface area contributed by atoms with Gasteiger partial charge in [0, 0.05) is 23.9 Å². The number of hydrogen-bond acceptors (Lipinski definition) is 3. The van der Waals surface area contributed by atoms with Crippen LogP contribution in [0.3, 0.4) is 0 Å². The highest BCUT2D eigenvalue weighted by atomic mass is 35.5. The standard InChI is InChI=1S/C15H14Cl2N2O2/c1-2-10-6-7-12(8-14(10)19(20)21)18-9-11-4-3-5-13(16)15(11)17/h3-8,18H,2,9H2,1H3. The Labute approximate surface area is 132 Å². The van der Waals surface area contributed by atoms with Gasteiger partial charge in [0.25, 0.3) is 5.69 Å². The lowest BCUT2D eigenvalue weighted by molar-refractivity contribution is -0.385. The molecule has 1 N–H and O–H groups in total. The van der Waals surface area contributed by atoms with Gasteiger partial charge in [-0.3, -0.25) is 10.1 Å². The third-order valence-electron chi connectivity index (χ3n) is 3.18. The molecule has 0 bridgehead atoms. The van der Waals surface area contributed by atoms with Crippen molar-refractivity contribution in [2.24, 2.45) is 0 Å². The van der Waals surface area contributed by atoms with Crippen molar-refractivity contribution in [3.63, 3.8) is 0 Å². The summed E-state index contributed by atoms with van der Waals surface area (Å²) in [6, 6.07) is 10.5. The SMILES string of the molecule is CCc1ccc(NCc2cccc(Cl)c2Cl)cc1[N+](=O)[O-]. The molecule has 0 fully saturated rings. The summed E-state index contributed by atoms with van der Waals surface area (Å²) < 4.78 is 0. The minimum atomic E-state index is -0.365. The Bertz CT molecular complexity index is 675. The van der Waals surface area contributed by atoms with Gasteiger partial charge in [-0.1, -0.05) is 48.3 Å². The summed E-state index contributed by atoms with van der Waals surface area (Å²) >= 11 is 12.1. The summed E-state index contributed by atoms with van der Waals surface area (Å²) in [7, 11) is 0. The summed E-state index contributed by atoms with van der Waals surface area (Å²) in [6.45, 7) is 2.34.